The summed E-state index contributed by atoms with van der Waals surface area (Å²) in [6.07, 6.45) is 0. The first kappa shape index (κ1) is 23.5. The molecule has 1 aliphatic heterocycles. The Labute approximate surface area is 209 Å². The Bertz CT molecular complexity index is 1280. The van der Waals surface area contributed by atoms with Gasteiger partial charge in [-0.3, -0.25) is 9.69 Å². The van der Waals surface area contributed by atoms with Crippen LogP contribution in [0.3, 0.4) is 0 Å². The number of aliphatic hydroxyl groups excluding tert-OH is 1. The third-order valence-corrected chi connectivity index (χ3v) is 6.93. The van der Waals surface area contributed by atoms with E-state index < -0.39 is 23.7 Å². The zero-order valence-electron chi connectivity index (χ0n) is 17.1. The Morgan fingerprint density at radius 3 is 2.30 bits per heavy atom. The summed E-state index contributed by atoms with van der Waals surface area (Å²) in [5.41, 5.74) is 1.45. The molecule has 0 spiro atoms. The first-order valence-electron chi connectivity index (χ1n) is 9.63. The van der Waals surface area contributed by atoms with Gasteiger partial charge in [0.15, 0.2) is 5.76 Å². The van der Waals surface area contributed by atoms with Crippen LogP contribution in [0.15, 0.2) is 82.3 Å². The van der Waals surface area contributed by atoms with Crippen molar-refractivity contribution >= 4 is 64.1 Å². The normalized spacial score (nSPS) is 15.8. The summed E-state index contributed by atoms with van der Waals surface area (Å²) in [6, 6.07) is 17.8. The van der Waals surface area contributed by atoms with E-state index >= 15 is 0 Å². The summed E-state index contributed by atoms with van der Waals surface area (Å²) in [5.74, 6) is -1.60. The number of hydrogen-bond acceptors (Lipinski definition) is 5. The summed E-state index contributed by atoms with van der Waals surface area (Å²) in [5, 5.41) is 12.2. The maximum atomic E-state index is 13.2. The van der Waals surface area contributed by atoms with Crippen LogP contribution in [0.25, 0.3) is 0 Å². The molecule has 0 bridgehead atoms. The van der Waals surface area contributed by atoms with Crippen LogP contribution in [0.2, 0.25) is 15.1 Å². The molecule has 1 atom stereocenters. The fourth-order valence-electron chi connectivity index (χ4n) is 3.50. The van der Waals surface area contributed by atoms with Crippen LogP contribution in [0.4, 0.5) is 5.69 Å². The number of esters is 1. The van der Waals surface area contributed by atoms with Crippen molar-refractivity contribution in [2.75, 3.05) is 12.0 Å². The van der Waals surface area contributed by atoms with E-state index in [1.165, 1.54) is 18.1 Å². The van der Waals surface area contributed by atoms with Crippen molar-refractivity contribution in [3.63, 3.8) is 0 Å². The van der Waals surface area contributed by atoms with Gasteiger partial charge in [-0.2, -0.15) is 0 Å². The first-order chi connectivity index (χ1) is 15.8. The van der Waals surface area contributed by atoms with Crippen LogP contribution in [0.1, 0.15) is 22.0 Å². The molecule has 1 heterocycles. The van der Waals surface area contributed by atoms with E-state index in [0.29, 0.717) is 36.1 Å². The molecule has 0 fully saturated rings. The minimum absolute atomic E-state index is 0.221. The number of ether oxygens (including phenoxy) is 1. The van der Waals surface area contributed by atoms with Crippen molar-refractivity contribution in [2.45, 2.75) is 10.9 Å². The van der Waals surface area contributed by atoms with Gasteiger partial charge >= 0.3 is 5.97 Å². The van der Waals surface area contributed by atoms with Crippen molar-refractivity contribution < 1.29 is 19.4 Å². The van der Waals surface area contributed by atoms with Gasteiger partial charge in [-0.05, 0) is 54.1 Å². The van der Waals surface area contributed by atoms with Crippen LogP contribution in [-0.2, 0) is 9.53 Å². The van der Waals surface area contributed by atoms with Crippen molar-refractivity contribution in [1.82, 2.24) is 0 Å². The summed E-state index contributed by atoms with van der Waals surface area (Å²) in [6.45, 7) is 0. The van der Waals surface area contributed by atoms with Crippen molar-refractivity contribution in [2.24, 2.45) is 0 Å². The number of rotatable bonds is 5. The molecule has 0 radical (unpaired) electrons. The van der Waals surface area contributed by atoms with E-state index in [0.717, 1.165) is 11.8 Å². The first-order valence-corrected chi connectivity index (χ1v) is 11.6. The molecule has 3 aromatic rings. The summed E-state index contributed by atoms with van der Waals surface area (Å²) in [7, 11) is 1.27. The SMILES string of the molecule is COC(=O)c1cc(Cl)ccc1SC1=C(O)C(=O)N(c2cccc(Cl)c2)C1c1ccc(Cl)cc1. The zero-order valence-corrected chi connectivity index (χ0v) is 20.2. The second-order valence-electron chi connectivity index (χ2n) is 7.06. The summed E-state index contributed by atoms with van der Waals surface area (Å²) >= 11 is 19.4. The fraction of sp³-hybridized carbons (Fsp3) is 0.0833. The van der Waals surface area contributed by atoms with Gasteiger partial charge in [-0.15, -0.1) is 0 Å². The minimum atomic E-state index is -0.681. The van der Waals surface area contributed by atoms with Crippen LogP contribution in [-0.4, -0.2) is 24.1 Å². The number of nitrogens with zero attached hydrogens (tertiary/aromatic N) is 1. The molecule has 5 nitrogen and oxygen atoms in total. The molecule has 1 amide bonds. The number of anilines is 1. The number of halogens is 3. The number of benzene rings is 3. The van der Waals surface area contributed by atoms with Crippen molar-refractivity contribution in [3.8, 4) is 0 Å². The topological polar surface area (TPSA) is 66.8 Å². The number of amides is 1. The number of thioether (sulfide) groups is 1. The highest BCUT2D eigenvalue weighted by atomic mass is 35.5. The molecule has 0 saturated heterocycles. The number of carbonyl (C=O) groups is 2. The third kappa shape index (κ3) is 4.70. The standard InChI is InChI=1S/C24H16Cl3NO4S/c1-32-24(31)18-12-16(27)9-10-19(18)33-22-20(13-5-7-14(25)8-6-13)28(23(30)21(22)29)17-4-2-3-15(26)11-17/h2-12,20,29H,1H3. The molecular weight excluding hydrogens is 505 g/mol. The lowest BCUT2D eigenvalue weighted by atomic mass is 10.1. The predicted octanol–water partition coefficient (Wildman–Crippen LogP) is 7.08. The highest BCUT2D eigenvalue weighted by Crippen LogP contribution is 2.49. The molecule has 0 saturated carbocycles. The van der Waals surface area contributed by atoms with Gasteiger partial charge in [0.2, 0.25) is 0 Å². The third-order valence-electron chi connectivity index (χ3n) is 5.00. The minimum Gasteiger partial charge on any atom is -0.502 e. The van der Waals surface area contributed by atoms with E-state index in [1.807, 2.05) is 0 Å². The van der Waals surface area contributed by atoms with E-state index in [9.17, 15) is 14.7 Å². The Balaban J connectivity index is 1.85. The molecule has 4 rings (SSSR count). The monoisotopic (exact) mass is 519 g/mol. The maximum absolute atomic E-state index is 13.2. The van der Waals surface area contributed by atoms with E-state index in [4.69, 9.17) is 39.5 Å². The largest absolute Gasteiger partial charge is 0.502 e. The summed E-state index contributed by atoms with van der Waals surface area (Å²) in [4.78, 5) is 27.8. The van der Waals surface area contributed by atoms with Gasteiger partial charge in [-0.1, -0.05) is 64.8 Å². The van der Waals surface area contributed by atoms with Gasteiger partial charge in [0, 0.05) is 25.7 Å². The molecule has 9 heteroatoms. The van der Waals surface area contributed by atoms with Crippen LogP contribution < -0.4 is 4.90 Å². The zero-order chi connectivity index (χ0) is 23.7. The molecule has 0 aliphatic carbocycles. The molecule has 1 aliphatic rings. The molecule has 1 N–H and O–H groups in total. The maximum Gasteiger partial charge on any atom is 0.339 e. The molecule has 168 valence electrons. The number of methoxy groups -OCH3 is 1. The summed E-state index contributed by atoms with van der Waals surface area (Å²) < 4.78 is 4.88. The molecular formula is C24H16Cl3NO4S. The molecule has 33 heavy (non-hydrogen) atoms. The predicted molar refractivity (Wildman–Crippen MR) is 131 cm³/mol. The quantitative estimate of drug-likeness (QED) is 0.364. The van der Waals surface area contributed by atoms with Gasteiger partial charge in [0.1, 0.15) is 0 Å². The van der Waals surface area contributed by atoms with Crippen LogP contribution >= 0.6 is 46.6 Å². The Morgan fingerprint density at radius 2 is 1.64 bits per heavy atom. The van der Waals surface area contributed by atoms with E-state index in [2.05, 4.69) is 0 Å². The fourth-order valence-corrected chi connectivity index (χ4v) is 5.15. The number of carbonyl (C=O) groups excluding carboxylic acids is 2. The second-order valence-corrected chi connectivity index (χ2v) is 9.45. The second kappa shape index (κ2) is 9.69. The van der Waals surface area contributed by atoms with Crippen LogP contribution in [0, 0.1) is 0 Å². The van der Waals surface area contributed by atoms with Crippen LogP contribution in [0.5, 0.6) is 0 Å². The molecule has 0 aromatic heterocycles. The number of aliphatic hydroxyl groups is 1. The lowest BCUT2D eigenvalue weighted by molar-refractivity contribution is -0.117. The van der Waals surface area contributed by atoms with E-state index in [-0.39, 0.29) is 5.56 Å². The lowest BCUT2D eigenvalue weighted by Crippen LogP contribution is -2.30. The number of hydrogen-bond donors (Lipinski definition) is 1. The highest BCUT2D eigenvalue weighted by Gasteiger charge is 2.42. The highest BCUT2D eigenvalue weighted by molar-refractivity contribution is 8.03. The van der Waals surface area contributed by atoms with Gasteiger partial charge in [-0.25, -0.2) is 4.79 Å². The van der Waals surface area contributed by atoms with Crippen molar-refractivity contribution in [3.05, 3.63) is 104 Å². The van der Waals surface area contributed by atoms with Gasteiger partial charge in [0.25, 0.3) is 5.91 Å². The molecule has 3 aromatic carbocycles. The van der Waals surface area contributed by atoms with Gasteiger partial charge < -0.3 is 9.84 Å². The Hall–Kier alpha value is -2.64. The Kier molecular flexibility index (Phi) is 6.91. The van der Waals surface area contributed by atoms with Crippen molar-refractivity contribution in [1.29, 1.82) is 0 Å². The average Bonchev–Trinajstić information content (AvgIpc) is 3.05. The lowest BCUT2D eigenvalue weighted by Gasteiger charge is -2.27. The molecule has 1 unspecified atom stereocenters. The Morgan fingerprint density at radius 1 is 0.970 bits per heavy atom. The smallest absolute Gasteiger partial charge is 0.339 e. The van der Waals surface area contributed by atoms with E-state index in [1.54, 1.807) is 60.7 Å². The van der Waals surface area contributed by atoms with Gasteiger partial charge in [0.05, 0.1) is 23.6 Å². The average molecular weight is 521 g/mol.